The van der Waals surface area contributed by atoms with Crippen LogP contribution in [0.15, 0.2) is 0 Å². The molecular formula is C18H33N3O7S. The van der Waals surface area contributed by atoms with Crippen LogP contribution in [-0.2, 0) is 23.8 Å². The molecular weight excluding hydrogens is 402 g/mol. The first-order chi connectivity index (χ1) is 13.3. The Morgan fingerprint density at radius 1 is 1.03 bits per heavy atom. The third-order valence-corrected chi connectivity index (χ3v) is 4.13. The number of amides is 2. The van der Waals surface area contributed by atoms with Crippen LogP contribution in [0.3, 0.4) is 0 Å². The lowest BCUT2D eigenvalue weighted by Gasteiger charge is -2.20. The summed E-state index contributed by atoms with van der Waals surface area (Å²) in [5.74, 6) is 0.370. The lowest BCUT2D eigenvalue weighted by molar-refractivity contribution is -0.142. The maximum atomic E-state index is 11.4. The second kappa shape index (κ2) is 12.5. The molecule has 1 aliphatic heterocycles. The van der Waals surface area contributed by atoms with Gasteiger partial charge in [0.25, 0.3) is 0 Å². The molecule has 168 valence electrons. The summed E-state index contributed by atoms with van der Waals surface area (Å²) < 4.78 is 14.6. The van der Waals surface area contributed by atoms with E-state index in [-0.39, 0.29) is 23.9 Å². The van der Waals surface area contributed by atoms with E-state index in [0.717, 1.165) is 0 Å². The van der Waals surface area contributed by atoms with Gasteiger partial charge >= 0.3 is 18.2 Å². The lowest BCUT2D eigenvalue weighted by Crippen LogP contribution is -2.43. The van der Waals surface area contributed by atoms with Crippen molar-refractivity contribution >= 4 is 36.2 Å². The highest BCUT2D eigenvalue weighted by Crippen LogP contribution is 2.18. The predicted octanol–water partition coefficient (Wildman–Crippen LogP) is 1.43. The molecule has 0 aromatic rings. The number of hydrogen-bond donors (Lipinski definition) is 3. The molecule has 0 aromatic heterocycles. The Morgan fingerprint density at radius 3 is 2.00 bits per heavy atom. The fraction of sp³-hybridized carbons (Fsp3) is 0.778. The highest BCUT2D eigenvalue weighted by Gasteiger charge is 2.30. The van der Waals surface area contributed by atoms with E-state index in [2.05, 4.69) is 20.7 Å². The normalized spacial score (nSPS) is 18.6. The largest absolute Gasteiger partial charge is 0.468 e. The maximum absolute atomic E-state index is 11.4. The molecule has 1 rings (SSSR count). The van der Waals surface area contributed by atoms with Crippen molar-refractivity contribution in [3.05, 3.63) is 0 Å². The van der Waals surface area contributed by atoms with Crippen LogP contribution < -0.4 is 16.0 Å². The summed E-state index contributed by atoms with van der Waals surface area (Å²) in [5.41, 5.74) is -1.01. The number of hydrogen-bond acceptors (Lipinski definition) is 9. The van der Waals surface area contributed by atoms with Crippen molar-refractivity contribution in [2.45, 2.75) is 64.2 Å². The van der Waals surface area contributed by atoms with E-state index in [9.17, 15) is 19.2 Å². The quantitative estimate of drug-likeness (QED) is 0.333. The Bertz CT molecular complexity index is 559. The number of alkyl carbamates (subject to hydrolysis) is 2. The molecule has 1 aliphatic rings. The smallest absolute Gasteiger partial charge is 0.408 e. The van der Waals surface area contributed by atoms with E-state index in [1.165, 1.54) is 7.11 Å². The van der Waals surface area contributed by atoms with Gasteiger partial charge in [0, 0.05) is 12.3 Å². The van der Waals surface area contributed by atoms with Gasteiger partial charge in [-0.05, 0) is 41.5 Å². The number of methoxy groups -OCH3 is 1. The molecule has 0 radical (unpaired) electrons. The van der Waals surface area contributed by atoms with E-state index in [0.29, 0.717) is 18.6 Å². The van der Waals surface area contributed by atoms with Crippen molar-refractivity contribution in [1.29, 1.82) is 0 Å². The molecule has 1 unspecified atom stereocenters. The van der Waals surface area contributed by atoms with Crippen molar-refractivity contribution in [3.8, 4) is 0 Å². The van der Waals surface area contributed by atoms with Crippen LogP contribution in [0, 0.1) is 0 Å². The standard InChI is InChI=1S/C11H20N2O4S.C7H13NO3/c1-11(2,3)17-10(15)12-5-8-13-7(6-18-8)9(14)16-4;1-7(2,3)11-6(10)8-4-5-9/h7-8,13H,5-6H2,1-4H3,(H,12,15);5H,4H2,1-3H3,(H,8,10)/t7-,8?;/m0./s1. The first kappa shape index (κ1) is 27.0. The van der Waals surface area contributed by atoms with Crippen molar-refractivity contribution in [1.82, 2.24) is 16.0 Å². The number of esters is 1. The summed E-state index contributed by atoms with van der Waals surface area (Å²) in [7, 11) is 1.36. The first-order valence-corrected chi connectivity index (χ1v) is 10.1. The minimum atomic E-state index is -0.565. The minimum absolute atomic E-state index is 0.00150. The number of ether oxygens (including phenoxy) is 3. The molecule has 1 fully saturated rings. The molecule has 2 atom stereocenters. The molecule has 0 aromatic carbocycles. The summed E-state index contributed by atoms with van der Waals surface area (Å²) in [6, 6.07) is -0.301. The second-order valence-electron chi connectivity index (χ2n) is 8.00. The van der Waals surface area contributed by atoms with Gasteiger partial charge in [-0.2, -0.15) is 0 Å². The average molecular weight is 436 g/mol. The van der Waals surface area contributed by atoms with Crippen LogP contribution in [0.4, 0.5) is 9.59 Å². The average Bonchev–Trinajstić information content (AvgIpc) is 3.04. The highest BCUT2D eigenvalue weighted by molar-refractivity contribution is 8.00. The van der Waals surface area contributed by atoms with Crippen molar-refractivity contribution in [2.24, 2.45) is 0 Å². The van der Waals surface area contributed by atoms with Crippen LogP contribution >= 0.6 is 11.8 Å². The van der Waals surface area contributed by atoms with Gasteiger partial charge in [0.1, 0.15) is 23.5 Å². The fourth-order valence-corrected chi connectivity index (χ4v) is 2.98. The minimum Gasteiger partial charge on any atom is -0.468 e. The van der Waals surface area contributed by atoms with Gasteiger partial charge in [0.2, 0.25) is 0 Å². The van der Waals surface area contributed by atoms with Gasteiger partial charge in [-0.25, -0.2) is 9.59 Å². The Labute approximate surface area is 176 Å². The van der Waals surface area contributed by atoms with Gasteiger partial charge in [0.05, 0.1) is 19.0 Å². The fourth-order valence-electron chi connectivity index (χ4n) is 1.86. The lowest BCUT2D eigenvalue weighted by atomic mass is 10.2. The number of aldehydes is 1. The summed E-state index contributed by atoms with van der Waals surface area (Å²) in [4.78, 5) is 43.2. The van der Waals surface area contributed by atoms with Gasteiger partial charge in [-0.15, -0.1) is 11.8 Å². The zero-order valence-electron chi connectivity index (χ0n) is 18.1. The molecule has 0 aliphatic carbocycles. The van der Waals surface area contributed by atoms with Crippen LogP contribution in [0.2, 0.25) is 0 Å². The van der Waals surface area contributed by atoms with Crippen molar-refractivity contribution in [2.75, 3.05) is 26.0 Å². The summed E-state index contributed by atoms with van der Waals surface area (Å²) >= 11 is 1.57. The maximum Gasteiger partial charge on any atom is 0.408 e. The number of carbonyl (C=O) groups is 4. The number of rotatable bonds is 5. The zero-order chi connectivity index (χ0) is 22.7. The number of nitrogens with one attached hydrogen (secondary N) is 3. The van der Waals surface area contributed by atoms with Gasteiger partial charge in [0.15, 0.2) is 0 Å². The van der Waals surface area contributed by atoms with Crippen LogP contribution in [0.5, 0.6) is 0 Å². The molecule has 29 heavy (non-hydrogen) atoms. The van der Waals surface area contributed by atoms with Gasteiger partial charge in [-0.1, -0.05) is 0 Å². The molecule has 0 saturated carbocycles. The molecule has 1 saturated heterocycles. The van der Waals surface area contributed by atoms with Gasteiger partial charge < -0.3 is 29.6 Å². The Morgan fingerprint density at radius 2 is 1.55 bits per heavy atom. The summed E-state index contributed by atoms with van der Waals surface area (Å²) in [5, 5.41) is 8.00. The number of thioether (sulfide) groups is 1. The predicted molar refractivity (Wildman–Crippen MR) is 110 cm³/mol. The third-order valence-electron chi connectivity index (χ3n) is 2.90. The van der Waals surface area contributed by atoms with Gasteiger partial charge in [-0.3, -0.25) is 10.1 Å². The van der Waals surface area contributed by atoms with E-state index < -0.39 is 23.4 Å². The topological polar surface area (TPSA) is 132 Å². The molecule has 2 amide bonds. The van der Waals surface area contributed by atoms with Crippen LogP contribution in [0.25, 0.3) is 0 Å². The monoisotopic (exact) mass is 435 g/mol. The van der Waals surface area contributed by atoms with Crippen LogP contribution in [-0.4, -0.2) is 73.0 Å². The molecule has 0 bridgehead atoms. The van der Waals surface area contributed by atoms with E-state index >= 15 is 0 Å². The SMILES string of the molecule is CC(C)(C)OC(=O)NCC=O.COC(=O)[C@@H]1CSC(CNC(=O)OC(C)(C)C)N1. The van der Waals surface area contributed by atoms with Crippen molar-refractivity contribution in [3.63, 3.8) is 0 Å². The van der Waals surface area contributed by atoms with Crippen molar-refractivity contribution < 1.29 is 33.4 Å². The molecule has 10 nitrogen and oxygen atoms in total. The summed E-state index contributed by atoms with van der Waals surface area (Å²) in [6.07, 6.45) is -0.416. The summed E-state index contributed by atoms with van der Waals surface area (Å²) in [6.45, 7) is 11.1. The third kappa shape index (κ3) is 14.6. The Kier molecular flexibility index (Phi) is 11.7. The zero-order valence-corrected chi connectivity index (χ0v) is 18.9. The Balaban J connectivity index is 0.000000614. The second-order valence-corrected chi connectivity index (χ2v) is 9.23. The highest BCUT2D eigenvalue weighted by atomic mass is 32.2. The van der Waals surface area contributed by atoms with E-state index in [4.69, 9.17) is 9.47 Å². The molecule has 11 heteroatoms. The van der Waals surface area contributed by atoms with E-state index in [1.807, 2.05) is 20.8 Å². The number of carbonyl (C=O) groups excluding carboxylic acids is 4. The Hall–Kier alpha value is -2.01. The molecule has 0 spiro atoms. The first-order valence-electron chi connectivity index (χ1n) is 9.10. The molecule has 3 N–H and O–H groups in total. The van der Waals surface area contributed by atoms with Crippen LogP contribution in [0.1, 0.15) is 41.5 Å². The van der Waals surface area contributed by atoms with E-state index in [1.54, 1.807) is 32.5 Å². The molecule has 1 heterocycles.